The summed E-state index contributed by atoms with van der Waals surface area (Å²) in [6.45, 7) is 4.48. The van der Waals surface area contributed by atoms with E-state index in [0.717, 1.165) is 19.3 Å². The first-order chi connectivity index (χ1) is 10.5. The van der Waals surface area contributed by atoms with E-state index < -0.39 is 0 Å². The SMILES string of the molecule is COC(=O)C[C@@H](C(=O)OC)[C@@H]1CC[C@@H](C)[C@@H]2CCC(C)=C[C@@H]21. The van der Waals surface area contributed by atoms with Gasteiger partial charge in [0.2, 0.25) is 0 Å². The van der Waals surface area contributed by atoms with Crippen LogP contribution < -0.4 is 0 Å². The topological polar surface area (TPSA) is 52.6 Å². The van der Waals surface area contributed by atoms with Crippen molar-refractivity contribution in [3.63, 3.8) is 0 Å². The molecule has 124 valence electrons. The molecular weight excluding hydrogens is 280 g/mol. The maximum absolute atomic E-state index is 12.2. The molecule has 0 amide bonds. The van der Waals surface area contributed by atoms with Crippen molar-refractivity contribution in [3.8, 4) is 0 Å². The number of allylic oxidation sites excluding steroid dienone is 2. The first-order valence-electron chi connectivity index (χ1n) is 8.29. The second-order valence-corrected chi connectivity index (χ2v) is 6.92. The summed E-state index contributed by atoms with van der Waals surface area (Å²) in [4.78, 5) is 24.0. The maximum atomic E-state index is 12.2. The largest absolute Gasteiger partial charge is 0.469 e. The Morgan fingerprint density at radius 3 is 2.59 bits per heavy atom. The quantitative estimate of drug-likeness (QED) is 0.590. The van der Waals surface area contributed by atoms with E-state index in [2.05, 4.69) is 19.9 Å². The van der Waals surface area contributed by atoms with Crippen LogP contribution in [0, 0.1) is 29.6 Å². The Bertz CT molecular complexity index is 454. The van der Waals surface area contributed by atoms with E-state index >= 15 is 0 Å². The lowest BCUT2D eigenvalue weighted by atomic mass is 9.59. The van der Waals surface area contributed by atoms with Crippen molar-refractivity contribution in [3.05, 3.63) is 11.6 Å². The molecule has 0 spiro atoms. The predicted molar refractivity (Wildman–Crippen MR) is 84.0 cm³/mol. The van der Waals surface area contributed by atoms with Crippen LogP contribution in [0.5, 0.6) is 0 Å². The van der Waals surface area contributed by atoms with Gasteiger partial charge < -0.3 is 9.47 Å². The highest BCUT2D eigenvalue weighted by Crippen LogP contribution is 2.48. The van der Waals surface area contributed by atoms with Gasteiger partial charge in [-0.15, -0.1) is 0 Å². The van der Waals surface area contributed by atoms with Crippen LogP contribution in [0.25, 0.3) is 0 Å². The van der Waals surface area contributed by atoms with Gasteiger partial charge in [0.05, 0.1) is 26.6 Å². The van der Waals surface area contributed by atoms with Crippen molar-refractivity contribution in [2.75, 3.05) is 14.2 Å². The normalized spacial score (nSPS) is 32.5. The molecule has 1 saturated carbocycles. The molecule has 0 unspecified atom stereocenters. The van der Waals surface area contributed by atoms with Gasteiger partial charge in [0, 0.05) is 0 Å². The fourth-order valence-electron chi connectivity index (χ4n) is 4.38. The molecule has 4 heteroatoms. The van der Waals surface area contributed by atoms with Crippen LogP contribution in [-0.2, 0) is 19.1 Å². The minimum atomic E-state index is -0.389. The van der Waals surface area contributed by atoms with Gasteiger partial charge >= 0.3 is 11.9 Å². The number of carbonyl (C=O) groups is 2. The van der Waals surface area contributed by atoms with Crippen molar-refractivity contribution < 1.29 is 19.1 Å². The van der Waals surface area contributed by atoms with Crippen molar-refractivity contribution in [2.45, 2.75) is 46.0 Å². The Morgan fingerprint density at radius 1 is 1.23 bits per heavy atom. The van der Waals surface area contributed by atoms with Gasteiger partial charge in [-0.25, -0.2) is 0 Å². The molecule has 0 aromatic rings. The average Bonchev–Trinajstić information content (AvgIpc) is 2.52. The molecule has 2 rings (SSSR count). The van der Waals surface area contributed by atoms with Gasteiger partial charge in [-0.05, 0) is 49.9 Å². The van der Waals surface area contributed by atoms with Crippen LogP contribution in [0.1, 0.15) is 46.0 Å². The monoisotopic (exact) mass is 308 g/mol. The highest BCUT2D eigenvalue weighted by atomic mass is 16.5. The third-order valence-electron chi connectivity index (χ3n) is 5.66. The lowest BCUT2D eigenvalue weighted by Crippen LogP contribution is -2.41. The predicted octanol–water partition coefficient (Wildman–Crippen LogP) is 3.36. The second kappa shape index (κ2) is 7.30. The van der Waals surface area contributed by atoms with E-state index in [1.807, 2.05) is 0 Å². The van der Waals surface area contributed by atoms with Crippen LogP contribution in [0.15, 0.2) is 11.6 Å². The lowest BCUT2D eigenvalue weighted by molar-refractivity contribution is -0.156. The highest BCUT2D eigenvalue weighted by molar-refractivity contribution is 5.80. The zero-order valence-corrected chi connectivity index (χ0v) is 14.1. The summed E-state index contributed by atoms with van der Waals surface area (Å²) in [5, 5.41) is 0. The first kappa shape index (κ1) is 17.0. The summed E-state index contributed by atoms with van der Waals surface area (Å²) in [6.07, 6.45) is 6.91. The maximum Gasteiger partial charge on any atom is 0.309 e. The molecule has 5 atom stereocenters. The smallest absolute Gasteiger partial charge is 0.309 e. The second-order valence-electron chi connectivity index (χ2n) is 6.92. The van der Waals surface area contributed by atoms with E-state index in [9.17, 15) is 9.59 Å². The highest BCUT2D eigenvalue weighted by Gasteiger charge is 2.44. The number of methoxy groups -OCH3 is 2. The van der Waals surface area contributed by atoms with E-state index in [4.69, 9.17) is 9.47 Å². The molecule has 0 radical (unpaired) electrons. The summed E-state index contributed by atoms with van der Waals surface area (Å²) >= 11 is 0. The molecule has 4 nitrogen and oxygen atoms in total. The van der Waals surface area contributed by atoms with E-state index in [1.54, 1.807) is 0 Å². The fraction of sp³-hybridized carbons (Fsp3) is 0.778. The van der Waals surface area contributed by atoms with Gasteiger partial charge in [-0.2, -0.15) is 0 Å². The summed E-state index contributed by atoms with van der Waals surface area (Å²) in [7, 11) is 2.77. The van der Waals surface area contributed by atoms with Gasteiger partial charge in [0.1, 0.15) is 0 Å². The third kappa shape index (κ3) is 3.53. The molecule has 0 heterocycles. The number of carbonyl (C=O) groups excluding carboxylic acids is 2. The summed E-state index contributed by atoms with van der Waals surface area (Å²) < 4.78 is 9.76. The van der Waals surface area contributed by atoms with Gasteiger partial charge in [-0.3, -0.25) is 9.59 Å². The van der Waals surface area contributed by atoms with Crippen molar-refractivity contribution in [1.29, 1.82) is 0 Å². The first-order valence-corrected chi connectivity index (χ1v) is 8.29. The Labute approximate surface area is 133 Å². The van der Waals surface area contributed by atoms with E-state index in [-0.39, 0.29) is 30.2 Å². The molecule has 22 heavy (non-hydrogen) atoms. The zero-order chi connectivity index (χ0) is 16.3. The molecule has 0 aromatic carbocycles. The van der Waals surface area contributed by atoms with E-state index in [1.165, 1.54) is 26.2 Å². The standard InChI is InChI=1S/C18H28O4/c1-11-5-7-13-12(2)6-8-14(15(13)9-11)16(18(20)22-4)10-17(19)21-3/h9,12-16H,5-8,10H2,1-4H3/t12-,13+,14-,15+,16-/m1/s1. The van der Waals surface area contributed by atoms with Crippen LogP contribution >= 0.6 is 0 Å². The Hall–Kier alpha value is -1.32. The van der Waals surface area contributed by atoms with Crippen LogP contribution in [0.3, 0.4) is 0 Å². The minimum absolute atomic E-state index is 0.123. The van der Waals surface area contributed by atoms with Crippen molar-refractivity contribution in [1.82, 2.24) is 0 Å². The van der Waals surface area contributed by atoms with Crippen LogP contribution in [0.4, 0.5) is 0 Å². The number of fused-ring (bicyclic) bond motifs is 1. The van der Waals surface area contributed by atoms with Crippen molar-refractivity contribution in [2.24, 2.45) is 29.6 Å². The van der Waals surface area contributed by atoms with E-state index in [0.29, 0.717) is 17.8 Å². The Kier molecular flexibility index (Phi) is 5.65. The summed E-state index contributed by atoms with van der Waals surface area (Å²) in [5.41, 5.74) is 1.40. The Morgan fingerprint density at radius 2 is 1.95 bits per heavy atom. The van der Waals surface area contributed by atoms with Crippen LogP contribution in [0.2, 0.25) is 0 Å². The van der Waals surface area contributed by atoms with Crippen LogP contribution in [-0.4, -0.2) is 26.2 Å². The molecule has 0 N–H and O–H groups in total. The molecule has 2 aliphatic rings. The number of hydrogen-bond acceptors (Lipinski definition) is 4. The zero-order valence-electron chi connectivity index (χ0n) is 14.1. The summed E-state index contributed by atoms with van der Waals surface area (Å²) in [5.74, 6) is 0.866. The number of rotatable bonds is 4. The molecule has 0 aliphatic heterocycles. The molecule has 1 fully saturated rings. The fourth-order valence-corrected chi connectivity index (χ4v) is 4.38. The molecule has 0 bridgehead atoms. The Balaban J connectivity index is 2.26. The molecular formula is C18H28O4. The molecule has 0 saturated heterocycles. The third-order valence-corrected chi connectivity index (χ3v) is 5.66. The van der Waals surface area contributed by atoms with Gasteiger partial charge in [-0.1, -0.05) is 25.0 Å². The summed E-state index contributed by atoms with van der Waals surface area (Å²) in [6, 6.07) is 0. The molecule has 2 aliphatic carbocycles. The number of hydrogen-bond donors (Lipinski definition) is 0. The van der Waals surface area contributed by atoms with Gasteiger partial charge in [0.15, 0.2) is 0 Å². The average molecular weight is 308 g/mol. The number of ether oxygens (including phenoxy) is 2. The van der Waals surface area contributed by atoms with Crippen molar-refractivity contribution >= 4 is 11.9 Å². The van der Waals surface area contributed by atoms with Gasteiger partial charge in [0.25, 0.3) is 0 Å². The lowest BCUT2D eigenvalue weighted by Gasteiger charge is -2.45. The molecule has 0 aromatic heterocycles. The number of esters is 2. The minimum Gasteiger partial charge on any atom is -0.469 e.